The van der Waals surface area contributed by atoms with Crippen molar-refractivity contribution in [1.82, 2.24) is 5.32 Å². The van der Waals surface area contributed by atoms with Crippen LogP contribution in [0.15, 0.2) is 0 Å². The van der Waals surface area contributed by atoms with Gasteiger partial charge in [-0.05, 0) is 24.3 Å². The predicted molar refractivity (Wildman–Crippen MR) is 82.9 cm³/mol. The van der Waals surface area contributed by atoms with E-state index in [4.69, 9.17) is 10.5 Å². The van der Waals surface area contributed by atoms with Gasteiger partial charge in [0, 0.05) is 13.2 Å². The van der Waals surface area contributed by atoms with Crippen LogP contribution in [-0.2, 0) is 9.53 Å². The van der Waals surface area contributed by atoms with Gasteiger partial charge in [-0.2, -0.15) is 11.8 Å². The molecular weight excluding hydrogens is 288 g/mol. The molecule has 19 heavy (non-hydrogen) atoms. The molecule has 0 saturated heterocycles. The monoisotopic (exact) mass is 314 g/mol. The van der Waals surface area contributed by atoms with Gasteiger partial charge in [0.2, 0.25) is 5.91 Å². The number of aliphatic hydroxyl groups is 1. The van der Waals surface area contributed by atoms with Crippen LogP contribution in [0.25, 0.3) is 0 Å². The number of rotatable bonds is 10. The molecule has 7 heteroatoms. The predicted octanol–water partition coefficient (Wildman–Crippen LogP) is 0.638. The zero-order chi connectivity index (χ0) is 14.0. The number of carbonyl (C=O) groups excluding carboxylic acids is 1. The number of ether oxygens (including phenoxy) is 1. The van der Waals surface area contributed by atoms with Crippen LogP contribution in [0.1, 0.15) is 20.3 Å². The largest absolute Gasteiger partial charge is 0.389 e. The van der Waals surface area contributed by atoms with E-state index in [-0.39, 0.29) is 31.5 Å². The molecule has 0 fully saturated rings. The van der Waals surface area contributed by atoms with Gasteiger partial charge in [-0.25, -0.2) is 0 Å². The van der Waals surface area contributed by atoms with E-state index in [0.717, 1.165) is 5.75 Å². The van der Waals surface area contributed by atoms with Crippen LogP contribution in [0.5, 0.6) is 0 Å². The molecule has 0 aromatic carbocycles. The third kappa shape index (κ3) is 12.8. The fourth-order valence-electron chi connectivity index (χ4n) is 1.22. The first-order valence-electron chi connectivity index (χ1n) is 6.25. The summed E-state index contributed by atoms with van der Waals surface area (Å²) in [7, 11) is 0. The Labute approximate surface area is 126 Å². The van der Waals surface area contributed by atoms with Crippen molar-refractivity contribution in [3.63, 3.8) is 0 Å². The molecule has 1 amide bonds. The van der Waals surface area contributed by atoms with Crippen molar-refractivity contribution in [3.8, 4) is 0 Å². The van der Waals surface area contributed by atoms with Crippen LogP contribution in [0, 0.1) is 5.92 Å². The first-order valence-corrected chi connectivity index (χ1v) is 7.64. The maximum Gasteiger partial charge on any atom is 0.237 e. The molecule has 0 aliphatic carbocycles. The summed E-state index contributed by atoms with van der Waals surface area (Å²) in [5, 5.41) is 12.2. The highest BCUT2D eigenvalue weighted by atomic mass is 35.5. The van der Waals surface area contributed by atoms with Crippen molar-refractivity contribution in [2.75, 3.05) is 31.8 Å². The summed E-state index contributed by atoms with van der Waals surface area (Å²) in [4.78, 5) is 11.5. The van der Waals surface area contributed by atoms with Crippen LogP contribution in [-0.4, -0.2) is 54.9 Å². The molecule has 4 N–H and O–H groups in total. The molecule has 2 atom stereocenters. The average Bonchev–Trinajstić information content (AvgIpc) is 2.32. The normalized spacial score (nSPS) is 13.8. The van der Waals surface area contributed by atoms with Crippen molar-refractivity contribution >= 4 is 30.1 Å². The zero-order valence-corrected chi connectivity index (χ0v) is 13.6. The molecule has 0 aliphatic rings. The molecule has 0 bridgehead atoms. The maximum atomic E-state index is 11.5. The summed E-state index contributed by atoms with van der Waals surface area (Å²) in [6.45, 7) is 5.11. The average molecular weight is 315 g/mol. The van der Waals surface area contributed by atoms with Gasteiger partial charge in [0.15, 0.2) is 0 Å². The zero-order valence-electron chi connectivity index (χ0n) is 11.9. The topological polar surface area (TPSA) is 84.6 Å². The smallest absolute Gasteiger partial charge is 0.237 e. The maximum absolute atomic E-state index is 11.5. The SMILES string of the molecule is CSCCC(N)C(=O)NCC(O)COCC(C)C.Cl. The third-order valence-electron chi connectivity index (χ3n) is 2.24. The number of thioether (sulfide) groups is 1. The lowest BCUT2D eigenvalue weighted by Crippen LogP contribution is -2.44. The Bertz CT molecular complexity index is 233. The van der Waals surface area contributed by atoms with Gasteiger partial charge in [-0.1, -0.05) is 13.8 Å². The molecule has 0 radical (unpaired) electrons. The fraction of sp³-hybridized carbons (Fsp3) is 0.917. The first kappa shape index (κ1) is 21.3. The van der Waals surface area contributed by atoms with Gasteiger partial charge >= 0.3 is 0 Å². The van der Waals surface area contributed by atoms with E-state index in [2.05, 4.69) is 5.32 Å². The molecule has 0 aliphatic heterocycles. The van der Waals surface area contributed by atoms with E-state index >= 15 is 0 Å². The summed E-state index contributed by atoms with van der Waals surface area (Å²) in [5.74, 6) is 1.08. The van der Waals surface area contributed by atoms with E-state index < -0.39 is 12.1 Å². The van der Waals surface area contributed by atoms with Crippen LogP contribution >= 0.6 is 24.2 Å². The number of halogens is 1. The minimum atomic E-state index is -0.680. The second-order valence-electron chi connectivity index (χ2n) is 4.72. The summed E-state index contributed by atoms with van der Waals surface area (Å²) in [6, 6.07) is -0.499. The standard InChI is InChI=1S/C12H26N2O3S.ClH/c1-9(2)7-17-8-10(15)6-14-12(16)11(13)4-5-18-3;/h9-11,15H,4-8,13H2,1-3H3,(H,14,16);1H. The molecule has 0 heterocycles. The Balaban J connectivity index is 0. The van der Waals surface area contributed by atoms with Crippen molar-refractivity contribution in [2.24, 2.45) is 11.7 Å². The highest BCUT2D eigenvalue weighted by Crippen LogP contribution is 1.99. The van der Waals surface area contributed by atoms with Crippen molar-refractivity contribution in [3.05, 3.63) is 0 Å². The van der Waals surface area contributed by atoms with Crippen molar-refractivity contribution in [1.29, 1.82) is 0 Å². The van der Waals surface area contributed by atoms with E-state index in [9.17, 15) is 9.90 Å². The Morgan fingerprint density at radius 1 is 1.42 bits per heavy atom. The van der Waals surface area contributed by atoms with Gasteiger partial charge in [0.05, 0.1) is 18.8 Å². The second-order valence-corrected chi connectivity index (χ2v) is 5.70. The van der Waals surface area contributed by atoms with Gasteiger partial charge in [0.1, 0.15) is 0 Å². The summed E-state index contributed by atoms with van der Waals surface area (Å²) < 4.78 is 5.28. The molecule has 116 valence electrons. The lowest BCUT2D eigenvalue weighted by Gasteiger charge is -2.15. The Hall–Kier alpha value is -0.0100. The van der Waals surface area contributed by atoms with Crippen LogP contribution in [0.4, 0.5) is 0 Å². The molecule has 2 unspecified atom stereocenters. The minimum Gasteiger partial charge on any atom is -0.389 e. The summed E-state index contributed by atoms with van der Waals surface area (Å²) in [5.41, 5.74) is 5.69. The Morgan fingerprint density at radius 3 is 2.58 bits per heavy atom. The Morgan fingerprint density at radius 2 is 2.05 bits per heavy atom. The first-order chi connectivity index (χ1) is 8.47. The number of nitrogens with two attached hydrogens (primary N) is 1. The van der Waals surface area contributed by atoms with Gasteiger partial charge in [0.25, 0.3) is 0 Å². The van der Waals surface area contributed by atoms with E-state index in [1.54, 1.807) is 11.8 Å². The lowest BCUT2D eigenvalue weighted by molar-refractivity contribution is -0.123. The highest BCUT2D eigenvalue weighted by Gasteiger charge is 2.14. The van der Waals surface area contributed by atoms with E-state index in [1.807, 2.05) is 20.1 Å². The minimum absolute atomic E-state index is 0. The molecule has 0 aromatic rings. The van der Waals surface area contributed by atoms with Gasteiger partial charge < -0.3 is 20.9 Å². The van der Waals surface area contributed by atoms with Crippen LogP contribution in [0.2, 0.25) is 0 Å². The summed E-state index contributed by atoms with van der Waals surface area (Å²) in [6.07, 6.45) is 1.94. The molecule has 5 nitrogen and oxygen atoms in total. The molecule has 0 saturated carbocycles. The number of hydrogen-bond donors (Lipinski definition) is 3. The van der Waals surface area contributed by atoms with Crippen LogP contribution in [0.3, 0.4) is 0 Å². The van der Waals surface area contributed by atoms with E-state index in [1.165, 1.54) is 0 Å². The Kier molecular flexibility index (Phi) is 14.6. The fourth-order valence-corrected chi connectivity index (χ4v) is 1.71. The van der Waals surface area contributed by atoms with Crippen molar-refractivity contribution in [2.45, 2.75) is 32.4 Å². The van der Waals surface area contributed by atoms with Gasteiger partial charge in [-0.15, -0.1) is 12.4 Å². The second kappa shape index (κ2) is 13.0. The number of hydrogen-bond acceptors (Lipinski definition) is 5. The molecule has 0 aromatic heterocycles. The number of carbonyl (C=O) groups is 1. The molecule has 0 rings (SSSR count). The number of aliphatic hydroxyl groups excluding tert-OH is 1. The van der Waals surface area contributed by atoms with Crippen LogP contribution < -0.4 is 11.1 Å². The van der Waals surface area contributed by atoms with Gasteiger partial charge in [-0.3, -0.25) is 4.79 Å². The molecular formula is C12H27ClN2O3S. The third-order valence-corrected chi connectivity index (χ3v) is 2.89. The van der Waals surface area contributed by atoms with E-state index in [0.29, 0.717) is 18.9 Å². The lowest BCUT2D eigenvalue weighted by atomic mass is 10.2. The number of nitrogens with one attached hydrogen (secondary N) is 1. The number of amides is 1. The quantitative estimate of drug-likeness (QED) is 0.551. The molecule has 0 spiro atoms. The van der Waals surface area contributed by atoms with Crippen molar-refractivity contribution < 1.29 is 14.6 Å². The summed E-state index contributed by atoms with van der Waals surface area (Å²) >= 11 is 1.66. The highest BCUT2D eigenvalue weighted by molar-refractivity contribution is 7.98.